The molecule has 25 heavy (non-hydrogen) atoms. The molecule has 1 rings (SSSR count). The van der Waals surface area contributed by atoms with Gasteiger partial charge in [-0.25, -0.2) is 4.39 Å². The number of hydrazone groups is 1. The van der Waals surface area contributed by atoms with E-state index >= 15 is 0 Å². The number of methoxy groups -OCH3 is 1. The summed E-state index contributed by atoms with van der Waals surface area (Å²) in [6, 6.07) is 1.89. The van der Waals surface area contributed by atoms with E-state index in [0.717, 1.165) is 12.1 Å². The van der Waals surface area contributed by atoms with Crippen molar-refractivity contribution >= 4 is 29.5 Å². The molecule has 0 amide bonds. The van der Waals surface area contributed by atoms with Crippen molar-refractivity contribution in [2.75, 3.05) is 12.5 Å². The number of aliphatic hydroxyl groups is 1. The normalized spacial score (nSPS) is 15.7. The van der Waals surface area contributed by atoms with Gasteiger partial charge in [0.1, 0.15) is 11.6 Å². The number of nitrogens with one attached hydrogen (secondary N) is 1. The number of aliphatic carboxylic acids is 1. The zero-order chi connectivity index (χ0) is 19.4. The van der Waals surface area contributed by atoms with Gasteiger partial charge in [-0.1, -0.05) is 18.5 Å². The molecule has 3 N–H and O–H groups in total. The SMILES string of the molecule is CCC(C(=O)O)C(O)(/C=N\Nc1cc(OC)c(Cl)cc1F)C(F)(F)F. The molecule has 0 saturated heterocycles. The number of alkyl halides is 3. The van der Waals surface area contributed by atoms with Crippen LogP contribution in [0.1, 0.15) is 13.3 Å². The number of anilines is 1. The van der Waals surface area contributed by atoms with Crippen LogP contribution in [0.15, 0.2) is 17.2 Å². The van der Waals surface area contributed by atoms with Gasteiger partial charge in [0.25, 0.3) is 0 Å². The summed E-state index contributed by atoms with van der Waals surface area (Å²) in [6.07, 6.45) is -5.84. The molecule has 0 heterocycles. The topological polar surface area (TPSA) is 91.2 Å². The quantitative estimate of drug-likeness (QED) is 0.380. The Morgan fingerprint density at radius 3 is 2.52 bits per heavy atom. The van der Waals surface area contributed by atoms with Crippen LogP contribution in [0.5, 0.6) is 5.75 Å². The van der Waals surface area contributed by atoms with E-state index in [1.807, 2.05) is 5.43 Å². The minimum atomic E-state index is -5.31. The molecule has 0 bridgehead atoms. The van der Waals surface area contributed by atoms with E-state index in [1.54, 1.807) is 0 Å². The van der Waals surface area contributed by atoms with E-state index in [1.165, 1.54) is 14.0 Å². The van der Waals surface area contributed by atoms with Crippen LogP contribution in [0.25, 0.3) is 0 Å². The van der Waals surface area contributed by atoms with Crippen molar-refractivity contribution in [3.63, 3.8) is 0 Å². The Morgan fingerprint density at radius 1 is 1.48 bits per heavy atom. The van der Waals surface area contributed by atoms with Crippen LogP contribution in [0.2, 0.25) is 5.02 Å². The summed E-state index contributed by atoms with van der Waals surface area (Å²) >= 11 is 5.68. The summed E-state index contributed by atoms with van der Waals surface area (Å²) in [6.45, 7) is 1.17. The van der Waals surface area contributed by atoms with Gasteiger partial charge >= 0.3 is 12.1 Å². The van der Waals surface area contributed by atoms with Gasteiger partial charge in [0.05, 0.1) is 30.0 Å². The zero-order valence-corrected chi connectivity index (χ0v) is 13.8. The lowest BCUT2D eigenvalue weighted by Gasteiger charge is -2.31. The van der Waals surface area contributed by atoms with Gasteiger partial charge in [-0.3, -0.25) is 10.2 Å². The van der Waals surface area contributed by atoms with Gasteiger partial charge in [0.15, 0.2) is 0 Å². The number of rotatable bonds is 7. The van der Waals surface area contributed by atoms with Crippen molar-refractivity contribution in [1.29, 1.82) is 0 Å². The lowest BCUT2D eigenvalue weighted by molar-refractivity contribution is -0.248. The van der Waals surface area contributed by atoms with Crippen LogP contribution in [-0.2, 0) is 4.79 Å². The Balaban J connectivity index is 3.17. The van der Waals surface area contributed by atoms with E-state index in [0.29, 0.717) is 0 Å². The third kappa shape index (κ3) is 4.51. The van der Waals surface area contributed by atoms with Crippen LogP contribution in [-0.4, -0.2) is 41.3 Å². The summed E-state index contributed by atoms with van der Waals surface area (Å²) in [5.41, 5.74) is -2.16. The van der Waals surface area contributed by atoms with E-state index in [9.17, 15) is 27.5 Å². The van der Waals surface area contributed by atoms with Crippen LogP contribution < -0.4 is 10.2 Å². The number of hydrogen-bond acceptors (Lipinski definition) is 5. The van der Waals surface area contributed by atoms with Crippen LogP contribution >= 0.6 is 11.6 Å². The molecule has 140 valence electrons. The van der Waals surface area contributed by atoms with E-state index < -0.39 is 35.9 Å². The molecule has 0 saturated carbocycles. The second-order valence-corrected chi connectivity index (χ2v) is 5.37. The van der Waals surface area contributed by atoms with E-state index in [4.69, 9.17) is 21.4 Å². The number of benzene rings is 1. The second-order valence-electron chi connectivity index (χ2n) is 4.96. The number of carboxylic acids is 1. The van der Waals surface area contributed by atoms with Crippen molar-refractivity contribution in [3.05, 3.63) is 23.0 Å². The number of carboxylic acid groups (broad SMARTS) is 1. The van der Waals surface area contributed by atoms with Crippen molar-refractivity contribution in [2.45, 2.75) is 25.1 Å². The molecule has 6 nitrogen and oxygen atoms in total. The first-order valence-corrected chi connectivity index (χ1v) is 7.20. The van der Waals surface area contributed by atoms with Gasteiger partial charge in [-0.2, -0.15) is 18.3 Å². The largest absolute Gasteiger partial charge is 0.495 e. The Hall–Kier alpha value is -2.07. The number of ether oxygens (including phenoxy) is 1. The molecule has 0 aromatic heterocycles. The van der Waals surface area contributed by atoms with Crippen molar-refractivity contribution in [3.8, 4) is 5.75 Å². The Labute approximate surface area is 145 Å². The summed E-state index contributed by atoms with van der Waals surface area (Å²) in [4.78, 5) is 11.0. The maximum absolute atomic E-state index is 13.7. The first-order chi connectivity index (χ1) is 11.5. The van der Waals surface area contributed by atoms with Crippen LogP contribution in [0.3, 0.4) is 0 Å². The standard InChI is InChI=1S/C14H15ClF4N2O4/c1-3-7(12(22)23)13(24,14(17,18)19)6-20-21-10-5-11(25-2)8(15)4-9(10)16/h4-7,21,24H,3H2,1-2H3,(H,22,23)/b20-6-. The molecular formula is C14H15ClF4N2O4. The molecule has 0 radical (unpaired) electrons. The lowest BCUT2D eigenvalue weighted by atomic mass is 9.85. The number of nitrogens with zero attached hydrogens (tertiary/aromatic N) is 1. The zero-order valence-electron chi connectivity index (χ0n) is 13.1. The average Bonchev–Trinajstić information content (AvgIpc) is 2.48. The number of carbonyl (C=O) groups is 1. The van der Waals surface area contributed by atoms with Gasteiger partial charge in [0.2, 0.25) is 5.60 Å². The molecule has 11 heteroatoms. The van der Waals surface area contributed by atoms with Crippen LogP contribution in [0, 0.1) is 11.7 Å². The Morgan fingerprint density at radius 2 is 2.08 bits per heavy atom. The van der Waals surface area contributed by atoms with Gasteiger partial charge in [-0.05, 0) is 12.5 Å². The molecular weight excluding hydrogens is 372 g/mol. The fourth-order valence-electron chi connectivity index (χ4n) is 2.01. The predicted molar refractivity (Wildman–Crippen MR) is 82.5 cm³/mol. The Bertz CT molecular complexity index is 669. The summed E-state index contributed by atoms with van der Waals surface area (Å²) in [7, 11) is 1.24. The first-order valence-electron chi connectivity index (χ1n) is 6.83. The fraction of sp³-hybridized carbons (Fsp3) is 0.429. The number of halogens is 5. The predicted octanol–water partition coefficient (Wildman–Crippen LogP) is 3.29. The third-order valence-corrected chi connectivity index (χ3v) is 3.67. The van der Waals surface area contributed by atoms with Crippen LogP contribution in [0.4, 0.5) is 23.2 Å². The van der Waals surface area contributed by atoms with Gasteiger partial charge in [0, 0.05) is 6.07 Å². The van der Waals surface area contributed by atoms with Crippen molar-refractivity contribution in [1.82, 2.24) is 0 Å². The molecule has 0 spiro atoms. The molecule has 0 aliphatic carbocycles. The first kappa shape index (κ1) is 21.0. The maximum Gasteiger partial charge on any atom is 0.423 e. The average molecular weight is 387 g/mol. The highest BCUT2D eigenvalue weighted by atomic mass is 35.5. The monoisotopic (exact) mass is 386 g/mol. The Kier molecular flexibility index (Phi) is 6.61. The number of hydrogen-bond donors (Lipinski definition) is 3. The molecule has 0 fully saturated rings. The highest BCUT2D eigenvalue weighted by Gasteiger charge is 2.59. The fourth-order valence-corrected chi connectivity index (χ4v) is 2.23. The third-order valence-electron chi connectivity index (χ3n) is 3.38. The molecule has 0 aliphatic heterocycles. The molecule has 1 aromatic carbocycles. The van der Waals surface area contributed by atoms with Crippen molar-refractivity contribution in [2.24, 2.45) is 11.0 Å². The highest BCUT2D eigenvalue weighted by molar-refractivity contribution is 6.32. The maximum atomic E-state index is 13.7. The minimum Gasteiger partial charge on any atom is -0.495 e. The summed E-state index contributed by atoms with van der Waals surface area (Å²) < 4.78 is 58.0. The van der Waals surface area contributed by atoms with Crippen molar-refractivity contribution < 1.29 is 37.3 Å². The summed E-state index contributed by atoms with van der Waals surface area (Å²) in [5, 5.41) is 21.8. The minimum absolute atomic E-state index is 0.0180. The molecule has 1 aromatic rings. The highest BCUT2D eigenvalue weighted by Crippen LogP contribution is 2.37. The second kappa shape index (κ2) is 7.87. The van der Waals surface area contributed by atoms with Gasteiger partial charge < -0.3 is 14.9 Å². The molecule has 2 atom stereocenters. The van der Waals surface area contributed by atoms with E-state index in [-0.39, 0.29) is 22.7 Å². The van der Waals surface area contributed by atoms with Gasteiger partial charge in [-0.15, -0.1) is 0 Å². The lowest BCUT2D eigenvalue weighted by Crippen LogP contribution is -2.55. The van der Waals surface area contributed by atoms with E-state index in [2.05, 4.69) is 5.10 Å². The molecule has 2 unspecified atom stereocenters. The summed E-state index contributed by atoms with van der Waals surface area (Å²) in [5.74, 6) is -4.96. The molecule has 0 aliphatic rings. The smallest absolute Gasteiger partial charge is 0.423 e.